The van der Waals surface area contributed by atoms with Crippen molar-refractivity contribution in [3.8, 4) is 0 Å². The molecule has 2 N–H and O–H groups in total. The van der Waals surface area contributed by atoms with E-state index in [1.165, 1.54) is 5.56 Å². The fourth-order valence-corrected chi connectivity index (χ4v) is 2.21. The maximum absolute atomic E-state index is 11.7. The number of anilines is 1. The van der Waals surface area contributed by atoms with Crippen LogP contribution in [0.2, 0.25) is 5.02 Å². The molecular formula is C19H23ClN2O2. The second kappa shape index (κ2) is 8.18. The Balaban J connectivity index is 1.79. The van der Waals surface area contributed by atoms with Crippen LogP contribution < -0.4 is 10.6 Å². The standard InChI is InChI=1S/C19H23ClN2O2/c1-19(2,3)24-18(23)22-17-10-6-15(7-11-17)13-21-12-14-4-8-16(20)9-5-14/h4-11,21H,12-13H2,1-3H3,(H,22,23). The molecule has 0 fully saturated rings. The lowest BCUT2D eigenvalue weighted by Crippen LogP contribution is -2.27. The van der Waals surface area contributed by atoms with Crippen LogP contribution in [0, 0.1) is 0 Å². The zero-order chi connectivity index (χ0) is 17.6. The van der Waals surface area contributed by atoms with Gasteiger partial charge >= 0.3 is 6.09 Å². The van der Waals surface area contributed by atoms with E-state index in [-0.39, 0.29) is 0 Å². The third-order valence-corrected chi connectivity index (χ3v) is 3.42. The van der Waals surface area contributed by atoms with Gasteiger partial charge in [-0.1, -0.05) is 35.9 Å². The number of nitrogens with one attached hydrogen (secondary N) is 2. The molecule has 2 aromatic rings. The molecule has 0 aliphatic heterocycles. The van der Waals surface area contributed by atoms with Crippen molar-refractivity contribution >= 4 is 23.4 Å². The first-order valence-corrected chi connectivity index (χ1v) is 8.24. The molecule has 0 heterocycles. The summed E-state index contributed by atoms with van der Waals surface area (Å²) in [6, 6.07) is 15.5. The van der Waals surface area contributed by atoms with Crippen LogP contribution in [0.1, 0.15) is 31.9 Å². The van der Waals surface area contributed by atoms with E-state index in [4.69, 9.17) is 16.3 Å². The maximum Gasteiger partial charge on any atom is 0.412 e. The molecule has 0 radical (unpaired) electrons. The summed E-state index contributed by atoms with van der Waals surface area (Å²) < 4.78 is 5.22. The van der Waals surface area contributed by atoms with Crippen LogP contribution in [0.25, 0.3) is 0 Å². The highest BCUT2D eigenvalue weighted by molar-refractivity contribution is 6.30. The van der Waals surface area contributed by atoms with Gasteiger partial charge in [-0.2, -0.15) is 0 Å². The first-order chi connectivity index (χ1) is 11.3. The first kappa shape index (κ1) is 18.3. The minimum atomic E-state index is -0.504. The van der Waals surface area contributed by atoms with Crippen molar-refractivity contribution in [3.63, 3.8) is 0 Å². The minimum Gasteiger partial charge on any atom is -0.444 e. The highest BCUT2D eigenvalue weighted by atomic mass is 35.5. The first-order valence-electron chi connectivity index (χ1n) is 7.86. The number of carbonyl (C=O) groups excluding carboxylic acids is 1. The van der Waals surface area contributed by atoms with Crippen molar-refractivity contribution in [1.29, 1.82) is 0 Å². The van der Waals surface area contributed by atoms with Crippen LogP contribution in [-0.2, 0) is 17.8 Å². The van der Waals surface area contributed by atoms with E-state index >= 15 is 0 Å². The van der Waals surface area contributed by atoms with Crippen molar-refractivity contribution in [2.75, 3.05) is 5.32 Å². The molecule has 0 aromatic heterocycles. The van der Waals surface area contributed by atoms with Crippen LogP contribution in [0.15, 0.2) is 48.5 Å². The summed E-state index contributed by atoms with van der Waals surface area (Å²) in [4.78, 5) is 11.7. The molecule has 0 atom stereocenters. The maximum atomic E-state index is 11.7. The zero-order valence-electron chi connectivity index (χ0n) is 14.2. The Kier molecular flexibility index (Phi) is 6.23. The molecule has 0 spiro atoms. The van der Waals surface area contributed by atoms with Crippen molar-refractivity contribution in [2.24, 2.45) is 0 Å². The van der Waals surface area contributed by atoms with Crippen LogP contribution in [0.4, 0.5) is 10.5 Å². The molecule has 2 aromatic carbocycles. The lowest BCUT2D eigenvalue weighted by atomic mass is 10.2. The largest absolute Gasteiger partial charge is 0.444 e. The molecule has 128 valence electrons. The highest BCUT2D eigenvalue weighted by Crippen LogP contribution is 2.13. The quantitative estimate of drug-likeness (QED) is 0.803. The number of hydrogen-bond acceptors (Lipinski definition) is 3. The number of hydrogen-bond donors (Lipinski definition) is 2. The SMILES string of the molecule is CC(C)(C)OC(=O)Nc1ccc(CNCc2ccc(Cl)cc2)cc1. The molecule has 0 saturated heterocycles. The summed E-state index contributed by atoms with van der Waals surface area (Å²) in [6.45, 7) is 7.02. The molecule has 5 heteroatoms. The Morgan fingerprint density at radius 2 is 1.46 bits per heavy atom. The van der Waals surface area contributed by atoms with E-state index in [1.54, 1.807) is 0 Å². The van der Waals surface area contributed by atoms with Crippen molar-refractivity contribution in [3.05, 3.63) is 64.7 Å². The molecular weight excluding hydrogens is 324 g/mol. The predicted octanol–water partition coefficient (Wildman–Crippen LogP) is 4.98. The number of amides is 1. The molecule has 1 amide bonds. The molecule has 0 aliphatic rings. The van der Waals surface area contributed by atoms with Gasteiger partial charge in [-0.25, -0.2) is 4.79 Å². The molecule has 2 rings (SSSR count). The minimum absolute atomic E-state index is 0.448. The van der Waals surface area contributed by atoms with Crippen molar-refractivity contribution in [1.82, 2.24) is 5.32 Å². The average Bonchev–Trinajstić information content (AvgIpc) is 2.49. The summed E-state index contributed by atoms with van der Waals surface area (Å²) in [5.41, 5.74) is 2.53. The normalized spacial score (nSPS) is 11.2. The van der Waals surface area contributed by atoms with Crippen LogP contribution in [0.3, 0.4) is 0 Å². The van der Waals surface area contributed by atoms with Gasteiger partial charge in [-0.3, -0.25) is 5.32 Å². The van der Waals surface area contributed by atoms with Gasteiger partial charge in [0, 0.05) is 23.8 Å². The number of benzene rings is 2. The zero-order valence-corrected chi connectivity index (χ0v) is 15.0. The molecule has 0 unspecified atom stereocenters. The lowest BCUT2D eigenvalue weighted by molar-refractivity contribution is 0.0636. The van der Waals surface area contributed by atoms with Gasteiger partial charge < -0.3 is 10.1 Å². The predicted molar refractivity (Wildman–Crippen MR) is 98.3 cm³/mol. The van der Waals surface area contributed by atoms with Crippen molar-refractivity contribution < 1.29 is 9.53 Å². The van der Waals surface area contributed by atoms with Gasteiger partial charge in [0.25, 0.3) is 0 Å². The Hall–Kier alpha value is -2.04. The fourth-order valence-electron chi connectivity index (χ4n) is 2.08. The number of ether oxygens (including phenoxy) is 1. The molecule has 0 aliphatic carbocycles. The smallest absolute Gasteiger partial charge is 0.412 e. The number of carbonyl (C=O) groups is 1. The third kappa shape index (κ3) is 6.60. The summed E-state index contributed by atoms with van der Waals surface area (Å²) in [5.74, 6) is 0. The lowest BCUT2D eigenvalue weighted by Gasteiger charge is -2.19. The van der Waals surface area contributed by atoms with Gasteiger partial charge in [0.2, 0.25) is 0 Å². The highest BCUT2D eigenvalue weighted by Gasteiger charge is 2.15. The summed E-state index contributed by atoms with van der Waals surface area (Å²) in [5, 5.41) is 6.83. The van der Waals surface area contributed by atoms with Gasteiger partial charge in [0.05, 0.1) is 0 Å². The second-order valence-electron chi connectivity index (χ2n) is 6.55. The average molecular weight is 347 g/mol. The summed E-state index contributed by atoms with van der Waals surface area (Å²) >= 11 is 5.87. The van der Waals surface area contributed by atoms with Gasteiger partial charge in [0.15, 0.2) is 0 Å². The molecule has 0 bridgehead atoms. The van der Waals surface area contributed by atoms with Crippen LogP contribution in [-0.4, -0.2) is 11.7 Å². The Labute approximate surface area is 148 Å². The molecule has 0 saturated carbocycles. The van der Waals surface area contributed by atoms with Crippen LogP contribution in [0.5, 0.6) is 0 Å². The number of halogens is 1. The van der Waals surface area contributed by atoms with E-state index in [0.717, 1.165) is 23.7 Å². The van der Waals surface area contributed by atoms with E-state index in [9.17, 15) is 4.79 Å². The fraction of sp³-hybridized carbons (Fsp3) is 0.316. The third-order valence-electron chi connectivity index (χ3n) is 3.17. The van der Waals surface area contributed by atoms with E-state index in [1.807, 2.05) is 69.3 Å². The van der Waals surface area contributed by atoms with Gasteiger partial charge in [-0.05, 0) is 56.2 Å². The van der Waals surface area contributed by atoms with E-state index in [0.29, 0.717) is 5.69 Å². The second-order valence-corrected chi connectivity index (χ2v) is 6.99. The van der Waals surface area contributed by atoms with Gasteiger partial charge in [-0.15, -0.1) is 0 Å². The van der Waals surface area contributed by atoms with E-state index < -0.39 is 11.7 Å². The summed E-state index contributed by atoms with van der Waals surface area (Å²) in [6.07, 6.45) is -0.448. The van der Waals surface area contributed by atoms with Crippen molar-refractivity contribution in [2.45, 2.75) is 39.5 Å². The Bertz CT molecular complexity index is 661. The Morgan fingerprint density at radius 3 is 1.96 bits per heavy atom. The summed E-state index contributed by atoms with van der Waals surface area (Å²) in [7, 11) is 0. The molecule has 24 heavy (non-hydrogen) atoms. The topological polar surface area (TPSA) is 50.4 Å². The van der Waals surface area contributed by atoms with Gasteiger partial charge in [0.1, 0.15) is 5.60 Å². The monoisotopic (exact) mass is 346 g/mol. The Morgan fingerprint density at radius 1 is 0.958 bits per heavy atom. The number of rotatable bonds is 5. The van der Waals surface area contributed by atoms with E-state index in [2.05, 4.69) is 10.6 Å². The molecule has 4 nitrogen and oxygen atoms in total. The van der Waals surface area contributed by atoms with Crippen LogP contribution >= 0.6 is 11.6 Å².